The highest BCUT2D eigenvalue weighted by Gasteiger charge is 2.27. The maximum atomic E-state index is 12.1. The number of phenolic OH excluding ortho intramolecular Hbond substituents is 1. The van der Waals surface area contributed by atoms with Crippen molar-refractivity contribution < 1.29 is 24.5 Å². The summed E-state index contributed by atoms with van der Waals surface area (Å²) in [4.78, 5) is 24.7. The summed E-state index contributed by atoms with van der Waals surface area (Å²) in [5.41, 5.74) is 1.52. The number of carboxylic acids is 1. The number of aliphatic carboxylic acids is 1. The molecule has 6 heteroatoms. The van der Waals surface area contributed by atoms with E-state index in [9.17, 15) is 19.8 Å². The quantitative estimate of drug-likeness (QED) is 0.851. The van der Waals surface area contributed by atoms with Crippen molar-refractivity contribution in [1.29, 1.82) is 0 Å². The lowest BCUT2D eigenvalue weighted by Gasteiger charge is -2.24. The Bertz CT molecular complexity index is 684. The first-order valence-electron chi connectivity index (χ1n) is 7.41. The van der Waals surface area contributed by atoms with Crippen molar-refractivity contribution in [3.05, 3.63) is 65.7 Å². The van der Waals surface area contributed by atoms with Crippen molar-refractivity contribution in [2.45, 2.75) is 19.1 Å². The van der Waals surface area contributed by atoms with Crippen molar-refractivity contribution in [2.75, 3.05) is 7.05 Å². The molecule has 0 aliphatic carbocycles. The Hall–Kier alpha value is -3.02. The molecule has 0 radical (unpaired) electrons. The van der Waals surface area contributed by atoms with Gasteiger partial charge in [-0.05, 0) is 23.3 Å². The SMILES string of the molecule is CN(C(=O)OCc1ccccc1)[C@H](Cc1ccc(O)cc1)C(=O)O. The van der Waals surface area contributed by atoms with E-state index in [4.69, 9.17) is 4.74 Å². The summed E-state index contributed by atoms with van der Waals surface area (Å²) in [5, 5.41) is 18.7. The lowest BCUT2D eigenvalue weighted by atomic mass is 10.1. The molecule has 24 heavy (non-hydrogen) atoms. The summed E-state index contributed by atoms with van der Waals surface area (Å²) in [6.45, 7) is 0.0789. The summed E-state index contributed by atoms with van der Waals surface area (Å²) in [7, 11) is 1.40. The second kappa shape index (κ2) is 8.01. The molecule has 2 N–H and O–H groups in total. The molecule has 1 amide bonds. The molecule has 1 atom stereocenters. The van der Waals surface area contributed by atoms with Gasteiger partial charge in [-0.15, -0.1) is 0 Å². The Kier molecular flexibility index (Phi) is 5.78. The molecule has 0 aromatic heterocycles. The van der Waals surface area contributed by atoms with Crippen molar-refractivity contribution >= 4 is 12.1 Å². The van der Waals surface area contributed by atoms with Crippen LogP contribution in [0.4, 0.5) is 4.79 Å². The number of phenols is 1. The van der Waals surface area contributed by atoms with E-state index < -0.39 is 18.1 Å². The number of amides is 1. The van der Waals surface area contributed by atoms with Crippen LogP contribution in [0.1, 0.15) is 11.1 Å². The number of ether oxygens (including phenoxy) is 1. The fourth-order valence-corrected chi connectivity index (χ4v) is 2.19. The van der Waals surface area contributed by atoms with Gasteiger partial charge in [-0.2, -0.15) is 0 Å². The predicted octanol–water partition coefficient (Wildman–Crippen LogP) is 2.66. The molecule has 0 heterocycles. The molecule has 0 aliphatic heterocycles. The zero-order valence-corrected chi connectivity index (χ0v) is 13.3. The lowest BCUT2D eigenvalue weighted by molar-refractivity contribution is -0.142. The van der Waals surface area contributed by atoms with E-state index in [1.54, 1.807) is 12.1 Å². The topological polar surface area (TPSA) is 87.1 Å². The highest BCUT2D eigenvalue weighted by atomic mass is 16.6. The molecular weight excluding hydrogens is 310 g/mol. The summed E-state index contributed by atoms with van der Waals surface area (Å²) in [5.74, 6) is -1.02. The van der Waals surface area contributed by atoms with Gasteiger partial charge in [0.15, 0.2) is 0 Å². The minimum Gasteiger partial charge on any atom is -0.508 e. The number of hydrogen-bond donors (Lipinski definition) is 2. The molecule has 0 spiro atoms. The van der Waals surface area contributed by atoms with E-state index in [0.29, 0.717) is 5.56 Å². The van der Waals surface area contributed by atoms with Crippen molar-refractivity contribution in [3.63, 3.8) is 0 Å². The largest absolute Gasteiger partial charge is 0.508 e. The summed E-state index contributed by atoms with van der Waals surface area (Å²) in [6, 6.07) is 14.3. The second-order valence-corrected chi connectivity index (χ2v) is 5.38. The van der Waals surface area contributed by atoms with Crippen molar-refractivity contribution in [3.8, 4) is 5.75 Å². The number of carbonyl (C=O) groups excluding carboxylic acids is 1. The first-order chi connectivity index (χ1) is 11.5. The van der Waals surface area contributed by atoms with Gasteiger partial charge in [0, 0.05) is 13.5 Å². The maximum absolute atomic E-state index is 12.1. The zero-order chi connectivity index (χ0) is 17.5. The highest BCUT2D eigenvalue weighted by Crippen LogP contribution is 2.14. The molecular formula is C18H19NO5. The molecule has 2 aromatic carbocycles. The van der Waals surface area contributed by atoms with E-state index in [2.05, 4.69) is 0 Å². The fraction of sp³-hybridized carbons (Fsp3) is 0.222. The van der Waals surface area contributed by atoms with Gasteiger partial charge in [0.25, 0.3) is 0 Å². The number of hydrogen-bond acceptors (Lipinski definition) is 4. The number of rotatable bonds is 6. The molecule has 0 unspecified atom stereocenters. The Balaban J connectivity index is 1.99. The predicted molar refractivity (Wildman–Crippen MR) is 87.6 cm³/mol. The third kappa shape index (κ3) is 4.74. The average molecular weight is 329 g/mol. The van der Waals surface area contributed by atoms with Crippen LogP contribution in [-0.4, -0.2) is 40.3 Å². The third-order valence-corrected chi connectivity index (χ3v) is 3.61. The van der Waals surface area contributed by atoms with Crippen LogP contribution in [0.5, 0.6) is 5.75 Å². The molecule has 0 bridgehead atoms. The van der Waals surface area contributed by atoms with Crippen LogP contribution in [0.25, 0.3) is 0 Å². The summed E-state index contributed by atoms with van der Waals surface area (Å²) < 4.78 is 5.16. The third-order valence-electron chi connectivity index (χ3n) is 3.61. The number of benzene rings is 2. The monoisotopic (exact) mass is 329 g/mol. The minimum atomic E-state index is -1.12. The highest BCUT2D eigenvalue weighted by molar-refractivity contribution is 5.80. The summed E-state index contributed by atoms with van der Waals surface area (Å²) in [6.07, 6.45) is -0.586. The average Bonchev–Trinajstić information content (AvgIpc) is 2.59. The number of carboxylic acid groups (broad SMARTS) is 1. The fourth-order valence-electron chi connectivity index (χ4n) is 2.19. The van der Waals surface area contributed by atoms with E-state index in [1.165, 1.54) is 19.2 Å². The first-order valence-corrected chi connectivity index (χ1v) is 7.41. The minimum absolute atomic E-state index is 0.0789. The van der Waals surface area contributed by atoms with Crippen molar-refractivity contribution in [2.24, 2.45) is 0 Å². The van der Waals surface area contributed by atoms with Gasteiger partial charge in [-0.1, -0.05) is 42.5 Å². The number of nitrogens with zero attached hydrogens (tertiary/aromatic N) is 1. The van der Waals surface area contributed by atoms with E-state index in [1.807, 2.05) is 30.3 Å². The van der Waals surface area contributed by atoms with Gasteiger partial charge in [0.1, 0.15) is 18.4 Å². The molecule has 6 nitrogen and oxygen atoms in total. The van der Waals surface area contributed by atoms with Gasteiger partial charge in [0.05, 0.1) is 0 Å². The molecule has 0 saturated heterocycles. The van der Waals surface area contributed by atoms with Crippen LogP contribution in [0.2, 0.25) is 0 Å². The van der Waals surface area contributed by atoms with Crippen LogP contribution in [0.3, 0.4) is 0 Å². The van der Waals surface area contributed by atoms with Crippen LogP contribution < -0.4 is 0 Å². The zero-order valence-electron chi connectivity index (χ0n) is 13.3. The number of aromatic hydroxyl groups is 1. The molecule has 0 aliphatic rings. The first kappa shape index (κ1) is 17.3. The normalized spacial score (nSPS) is 11.5. The summed E-state index contributed by atoms with van der Waals surface area (Å²) >= 11 is 0. The maximum Gasteiger partial charge on any atom is 0.410 e. The molecule has 126 valence electrons. The van der Waals surface area contributed by atoms with Crippen LogP contribution in [0, 0.1) is 0 Å². The number of likely N-dealkylation sites (N-methyl/N-ethyl adjacent to an activating group) is 1. The Labute approximate surface area is 139 Å². The second-order valence-electron chi connectivity index (χ2n) is 5.38. The van der Waals surface area contributed by atoms with Crippen LogP contribution in [-0.2, 0) is 22.6 Å². The Morgan fingerprint density at radius 2 is 1.67 bits per heavy atom. The molecule has 0 saturated carbocycles. The van der Waals surface area contributed by atoms with Gasteiger partial charge in [-0.25, -0.2) is 9.59 Å². The van der Waals surface area contributed by atoms with Crippen molar-refractivity contribution in [1.82, 2.24) is 4.90 Å². The molecule has 2 rings (SSSR count). The molecule has 2 aromatic rings. The smallest absolute Gasteiger partial charge is 0.410 e. The Morgan fingerprint density at radius 1 is 1.04 bits per heavy atom. The van der Waals surface area contributed by atoms with Gasteiger partial charge >= 0.3 is 12.1 Å². The van der Waals surface area contributed by atoms with E-state index >= 15 is 0 Å². The lowest BCUT2D eigenvalue weighted by Crippen LogP contribution is -2.44. The van der Waals surface area contributed by atoms with Crippen LogP contribution in [0.15, 0.2) is 54.6 Å². The Morgan fingerprint density at radius 3 is 2.25 bits per heavy atom. The van der Waals surface area contributed by atoms with E-state index in [-0.39, 0.29) is 18.8 Å². The van der Waals surface area contributed by atoms with Crippen LogP contribution >= 0.6 is 0 Å². The standard InChI is InChI=1S/C18H19NO5/c1-19(18(23)24-12-14-5-3-2-4-6-14)16(17(21)22)11-13-7-9-15(20)10-8-13/h2-10,16,20H,11-12H2,1H3,(H,21,22)/t16-/m1/s1. The van der Waals surface area contributed by atoms with Gasteiger partial charge in [-0.3, -0.25) is 4.90 Å². The van der Waals surface area contributed by atoms with E-state index in [0.717, 1.165) is 10.5 Å². The molecule has 0 fully saturated rings. The number of carbonyl (C=O) groups is 2. The van der Waals surface area contributed by atoms with Gasteiger partial charge < -0.3 is 14.9 Å². The van der Waals surface area contributed by atoms with Gasteiger partial charge in [0.2, 0.25) is 0 Å².